The number of fused-ring (bicyclic) bond motifs is 2. The van der Waals surface area contributed by atoms with Crippen LogP contribution in [0.3, 0.4) is 0 Å². The van der Waals surface area contributed by atoms with E-state index in [1.807, 2.05) is 6.07 Å². The molecule has 0 saturated carbocycles. The third kappa shape index (κ3) is 1.61. The molecular weight excluding hydrogens is 232 g/mol. The number of hydrogen-bond acceptors (Lipinski definition) is 0. The second-order valence-corrected chi connectivity index (χ2v) is 4.70. The molecule has 0 unspecified atom stereocenters. The quantitative estimate of drug-likeness (QED) is 0.494. The van der Waals surface area contributed by atoms with Crippen LogP contribution in [-0.2, 0) is 0 Å². The van der Waals surface area contributed by atoms with Crippen molar-refractivity contribution < 1.29 is 4.57 Å². The summed E-state index contributed by atoms with van der Waals surface area (Å²) in [6.45, 7) is 0. The highest BCUT2D eigenvalue weighted by Gasteiger charge is 2.12. The second-order valence-electron chi connectivity index (χ2n) is 4.70. The number of para-hydroxylation sites is 1. The summed E-state index contributed by atoms with van der Waals surface area (Å²) < 4.78 is 2.17. The molecule has 2 heterocycles. The van der Waals surface area contributed by atoms with Gasteiger partial charge in [0.1, 0.15) is 0 Å². The molecule has 0 amide bonds. The first-order valence-corrected chi connectivity index (χ1v) is 6.38. The monoisotopic (exact) mass is 245 g/mol. The Morgan fingerprint density at radius 3 is 2.53 bits per heavy atom. The average Bonchev–Trinajstić information content (AvgIpc) is 2.91. The van der Waals surface area contributed by atoms with Crippen LogP contribution in [0.25, 0.3) is 27.4 Å². The van der Waals surface area contributed by atoms with Gasteiger partial charge in [0.25, 0.3) is 0 Å². The first-order valence-electron chi connectivity index (χ1n) is 6.38. The molecule has 0 fully saturated rings. The first-order chi connectivity index (χ1) is 9.42. The van der Waals surface area contributed by atoms with Gasteiger partial charge in [0.2, 0.25) is 5.69 Å². The Kier molecular flexibility index (Phi) is 2.15. The molecule has 90 valence electrons. The summed E-state index contributed by atoms with van der Waals surface area (Å²) in [7, 11) is 0. The molecule has 1 N–H and O–H groups in total. The molecule has 0 saturated heterocycles. The number of aromatic nitrogens is 2. The summed E-state index contributed by atoms with van der Waals surface area (Å²) in [6.07, 6.45) is 6.34. The highest BCUT2D eigenvalue weighted by atomic mass is 15.0. The lowest BCUT2D eigenvalue weighted by Crippen LogP contribution is -2.28. The standard InChI is InChI=1S/C17H13N2/c1-2-6-14-12-19(10-9-13(14)5-1)17-11-18-16-8-4-3-7-15(16)17/h1-12,18H/q+1. The summed E-state index contributed by atoms with van der Waals surface area (Å²) >= 11 is 0. The number of nitrogens with one attached hydrogen (secondary N) is 1. The fourth-order valence-corrected chi connectivity index (χ4v) is 2.55. The molecule has 0 atom stereocenters. The van der Waals surface area contributed by atoms with Crippen LogP contribution in [-0.4, -0.2) is 4.98 Å². The number of rotatable bonds is 1. The molecule has 2 heteroatoms. The predicted molar refractivity (Wildman–Crippen MR) is 77.3 cm³/mol. The van der Waals surface area contributed by atoms with E-state index in [0.717, 1.165) is 5.52 Å². The largest absolute Gasteiger partial charge is 0.355 e. The zero-order chi connectivity index (χ0) is 12.7. The maximum absolute atomic E-state index is 3.31. The van der Waals surface area contributed by atoms with Gasteiger partial charge in [-0.05, 0) is 23.6 Å². The average molecular weight is 245 g/mol. The van der Waals surface area contributed by atoms with E-state index < -0.39 is 0 Å². The van der Waals surface area contributed by atoms with Crippen LogP contribution >= 0.6 is 0 Å². The fraction of sp³-hybridized carbons (Fsp3) is 0. The van der Waals surface area contributed by atoms with E-state index in [2.05, 4.69) is 76.7 Å². The summed E-state index contributed by atoms with van der Waals surface area (Å²) in [5.74, 6) is 0. The van der Waals surface area contributed by atoms with Gasteiger partial charge in [0.15, 0.2) is 12.4 Å². The number of benzene rings is 2. The summed E-state index contributed by atoms with van der Waals surface area (Å²) in [4.78, 5) is 3.31. The van der Waals surface area contributed by atoms with Crippen LogP contribution in [0.2, 0.25) is 0 Å². The smallest absolute Gasteiger partial charge is 0.236 e. The molecule has 2 aromatic heterocycles. The van der Waals surface area contributed by atoms with E-state index in [-0.39, 0.29) is 0 Å². The van der Waals surface area contributed by atoms with E-state index in [0.29, 0.717) is 0 Å². The van der Waals surface area contributed by atoms with Crippen LogP contribution in [0.5, 0.6) is 0 Å². The molecule has 0 aliphatic heterocycles. The number of nitrogens with zero attached hydrogens (tertiary/aromatic N) is 1. The number of aromatic amines is 1. The molecule has 2 aromatic carbocycles. The first kappa shape index (κ1) is 10.3. The normalized spacial score (nSPS) is 11.2. The zero-order valence-electron chi connectivity index (χ0n) is 10.4. The Balaban J connectivity index is 1.99. The molecule has 19 heavy (non-hydrogen) atoms. The third-order valence-corrected chi connectivity index (χ3v) is 3.53. The van der Waals surface area contributed by atoms with Crippen molar-refractivity contribution in [3.05, 3.63) is 73.2 Å². The van der Waals surface area contributed by atoms with Crippen molar-refractivity contribution in [2.45, 2.75) is 0 Å². The van der Waals surface area contributed by atoms with Crippen LogP contribution in [0.4, 0.5) is 0 Å². The predicted octanol–water partition coefficient (Wildman–Crippen LogP) is 3.60. The second kappa shape index (κ2) is 3.95. The lowest BCUT2D eigenvalue weighted by Gasteiger charge is -1.97. The van der Waals surface area contributed by atoms with Crippen LogP contribution < -0.4 is 4.57 Å². The van der Waals surface area contributed by atoms with E-state index in [4.69, 9.17) is 0 Å². The van der Waals surface area contributed by atoms with Crippen molar-refractivity contribution >= 4 is 21.7 Å². The fourth-order valence-electron chi connectivity index (χ4n) is 2.55. The molecule has 4 rings (SSSR count). The van der Waals surface area contributed by atoms with Gasteiger partial charge >= 0.3 is 0 Å². The molecule has 2 nitrogen and oxygen atoms in total. The van der Waals surface area contributed by atoms with Gasteiger partial charge in [-0.1, -0.05) is 30.3 Å². The molecule has 0 aliphatic carbocycles. The topological polar surface area (TPSA) is 19.7 Å². The third-order valence-electron chi connectivity index (χ3n) is 3.53. The van der Waals surface area contributed by atoms with Gasteiger partial charge in [-0.3, -0.25) is 0 Å². The Labute approximate surface area is 110 Å². The minimum Gasteiger partial charge on any atom is -0.355 e. The Morgan fingerprint density at radius 1 is 0.789 bits per heavy atom. The molecule has 0 bridgehead atoms. The van der Waals surface area contributed by atoms with Crippen molar-refractivity contribution in [2.75, 3.05) is 0 Å². The number of pyridine rings is 1. The highest BCUT2D eigenvalue weighted by molar-refractivity contribution is 5.86. The van der Waals surface area contributed by atoms with Crippen LogP contribution in [0.15, 0.2) is 73.2 Å². The molecule has 0 spiro atoms. The molecule has 4 aromatic rings. The van der Waals surface area contributed by atoms with E-state index in [1.54, 1.807) is 0 Å². The Morgan fingerprint density at radius 2 is 1.58 bits per heavy atom. The minimum atomic E-state index is 1.16. The van der Waals surface area contributed by atoms with Crippen molar-refractivity contribution in [3.8, 4) is 5.69 Å². The van der Waals surface area contributed by atoms with Crippen LogP contribution in [0.1, 0.15) is 0 Å². The molecule has 0 radical (unpaired) electrons. The van der Waals surface area contributed by atoms with E-state index in [9.17, 15) is 0 Å². The van der Waals surface area contributed by atoms with Crippen molar-refractivity contribution in [1.29, 1.82) is 0 Å². The highest BCUT2D eigenvalue weighted by Crippen LogP contribution is 2.18. The lowest BCUT2D eigenvalue weighted by atomic mass is 10.2. The maximum Gasteiger partial charge on any atom is 0.236 e. The summed E-state index contributed by atoms with van der Waals surface area (Å²) in [5.41, 5.74) is 2.35. The van der Waals surface area contributed by atoms with Crippen LogP contribution in [0, 0.1) is 0 Å². The van der Waals surface area contributed by atoms with Crippen molar-refractivity contribution in [2.24, 2.45) is 0 Å². The zero-order valence-corrected chi connectivity index (χ0v) is 10.4. The van der Waals surface area contributed by atoms with Gasteiger partial charge in [-0.15, -0.1) is 0 Å². The number of H-pyrrole nitrogens is 1. The SMILES string of the molecule is c1ccc2c[n+](-c3c[nH]c4ccccc34)ccc2c1. The van der Waals surface area contributed by atoms with Crippen molar-refractivity contribution in [3.63, 3.8) is 0 Å². The Hall–Kier alpha value is -2.61. The van der Waals surface area contributed by atoms with Gasteiger partial charge in [-0.2, -0.15) is 4.57 Å². The van der Waals surface area contributed by atoms with Gasteiger partial charge < -0.3 is 4.98 Å². The van der Waals surface area contributed by atoms with Crippen molar-refractivity contribution in [1.82, 2.24) is 4.98 Å². The van der Waals surface area contributed by atoms with Gasteiger partial charge in [-0.25, -0.2) is 0 Å². The van der Waals surface area contributed by atoms with Gasteiger partial charge in [0.05, 0.1) is 17.1 Å². The Bertz CT molecular complexity index is 874. The lowest BCUT2D eigenvalue weighted by molar-refractivity contribution is -0.592. The number of hydrogen-bond donors (Lipinski definition) is 1. The molecular formula is C17H13N2+. The van der Waals surface area contributed by atoms with E-state index in [1.165, 1.54) is 21.8 Å². The maximum atomic E-state index is 3.31. The summed E-state index contributed by atoms with van der Waals surface area (Å²) in [5, 5.41) is 3.75. The molecule has 0 aliphatic rings. The van der Waals surface area contributed by atoms with E-state index >= 15 is 0 Å². The van der Waals surface area contributed by atoms with Gasteiger partial charge in [0, 0.05) is 11.5 Å². The minimum absolute atomic E-state index is 1.16. The summed E-state index contributed by atoms with van der Waals surface area (Å²) in [6, 6.07) is 18.9.